The Morgan fingerprint density at radius 1 is 0.833 bits per heavy atom. The molecule has 0 amide bonds. The van der Waals surface area contributed by atoms with E-state index in [1.165, 1.54) is 0 Å². The third-order valence-electron chi connectivity index (χ3n) is 4.41. The van der Waals surface area contributed by atoms with Gasteiger partial charge in [-0.15, -0.1) is 0 Å². The summed E-state index contributed by atoms with van der Waals surface area (Å²) >= 11 is 0. The van der Waals surface area contributed by atoms with Crippen molar-refractivity contribution in [2.45, 2.75) is 0 Å². The van der Waals surface area contributed by atoms with Gasteiger partial charge in [-0.05, 0) is 45.3 Å². The summed E-state index contributed by atoms with van der Waals surface area (Å²) in [7, 11) is 1.63. The fourth-order valence-electron chi connectivity index (χ4n) is 3.23. The topological polar surface area (TPSA) is 55.5 Å². The van der Waals surface area contributed by atoms with Gasteiger partial charge in [0.2, 0.25) is 0 Å². The lowest BCUT2D eigenvalue weighted by atomic mass is 9.92. The van der Waals surface area contributed by atoms with Crippen LogP contribution in [0.1, 0.15) is 0 Å². The van der Waals surface area contributed by atoms with Crippen molar-refractivity contribution in [3.63, 3.8) is 0 Å². The summed E-state index contributed by atoms with van der Waals surface area (Å²) in [5.41, 5.74) is 8.12. The van der Waals surface area contributed by atoms with Crippen LogP contribution in [0.4, 0.5) is 5.69 Å². The van der Waals surface area contributed by atoms with E-state index in [4.69, 9.17) is 10.5 Å². The van der Waals surface area contributed by atoms with E-state index in [1.54, 1.807) is 13.2 Å². The van der Waals surface area contributed by atoms with Crippen LogP contribution in [0.2, 0.25) is 0 Å². The van der Waals surface area contributed by atoms with Crippen molar-refractivity contribution in [2.24, 2.45) is 0 Å². The van der Waals surface area contributed by atoms with Gasteiger partial charge in [-0.3, -0.25) is 0 Å². The largest absolute Gasteiger partial charge is 0.505 e. The van der Waals surface area contributed by atoms with Crippen LogP contribution < -0.4 is 10.5 Å². The second-order valence-electron chi connectivity index (χ2n) is 5.80. The summed E-state index contributed by atoms with van der Waals surface area (Å²) in [5, 5.41) is 14.8. The van der Waals surface area contributed by atoms with Gasteiger partial charge in [0.15, 0.2) is 0 Å². The van der Waals surface area contributed by atoms with Crippen molar-refractivity contribution in [1.82, 2.24) is 0 Å². The van der Waals surface area contributed by atoms with Gasteiger partial charge in [0.25, 0.3) is 0 Å². The van der Waals surface area contributed by atoms with E-state index in [9.17, 15) is 5.11 Å². The van der Waals surface area contributed by atoms with Crippen LogP contribution in [0.25, 0.3) is 32.7 Å². The first-order valence-electron chi connectivity index (χ1n) is 7.76. The highest BCUT2D eigenvalue weighted by atomic mass is 16.5. The number of phenolic OH excluding ortho intramolecular Hbond substituents is 1. The second kappa shape index (κ2) is 5.46. The maximum absolute atomic E-state index is 10.7. The molecule has 4 aromatic rings. The van der Waals surface area contributed by atoms with Gasteiger partial charge in [0.1, 0.15) is 11.5 Å². The zero-order chi connectivity index (χ0) is 16.7. The Hall–Kier alpha value is -3.20. The fraction of sp³-hybridized carbons (Fsp3) is 0.0476. The van der Waals surface area contributed by atoms with E-state index in [0.29, 0.717) is 5.69 Å². The Bertz CT molecular complexity index is 1060. The molecule has 3 N–H and O–H groups in total. The van der Waals surface area contributed by atoms with E-state index < -0.39 is 0 Å². The molecule has 0 radical (unpaired) electrons. The first kappa shape index (κ1) is 14.4. The SMILES string of the molecule is COc1ccc2cc(N)c(O)c(-c3cccc4ccccc34)c2c1. The predicted octanol–water partition coefficient (Wildman–Crippen LogP) is 4.96. The lowest BCUT2D eigenvalue weighted by Crippen LogP contribution is -1.92. The van der Waals surface area contributed by atoms with Gasteiger partial charge in [0.05, 0.1) is 12.8 Å². The maximum atomic E-state index is 10.7. The Kier molecular flexibility index (Phi) is 3.28. The molecule has 0 spiro atoms. The van der Waals surface area contributed by atoms with Gasteiger partial charge in [-0.1, -0.05) is 48.5 Å². The van der Waals surface area contributed by atoms with Crippen molar-refractivity contribution in [2.75, 3.05) is 12.8 Å². The Balaban J connectivity index is 2.17. The van der Waals surface area contributed by atoms with Crippen molar-refractivity contribution in [3.8, 4) is 22.6 Å². The number of nitrogen functional groups attached to an aromatic ring is 1. The van der Waals surface area contributed by atoms with Gasteiger partial charge < -0.3 is 15.6 Å². The van der Waals surface area contributed by atoms with Gasteiger partial charge in [-0.25, -0.2) is 0 Å². The molecule has 4 rings (SSSR count). The first-order chi connectivity index (χ1) is 11.7. The molecule has 3 nitrogen and oxygen atoms in total. The molecule has 0 bridgehead atoms. The number of hydrogen-bond donors (Lipinski definition) is 2. The normalized spacial score (nSPS) is 11.0. The Morgan fingerprint density at radius 2 is 1.62 bits per heavy atom. The minimum atomic E-state index is 0.104. The Morgan fingerprint density at radius 3 is 2.46 bits per heavy atom. The third kappa shape index (κ3) is 2.14. The van der Waals surface area contributed by atoms with E-state index >= 15 is 0 Å². The van der Waals surface area contributed by atoms with Crippen LogP contribution >= 0.6 is 0 Å². The lowest BCUT2D eigenvalue weighted by molar-refractivity contribution is 0.415. The number of phenols is 1. The zero-order valence-corrected chi connectivity index (χ0v) is 13.3. The average molecular weight is 315 g/mol. The molecule has 0 saturated heterocycles. The highest BCUT2D eigenvalue weighted by Crippen LogP contribution is 2.44. The molecule has 0 heterocycles. The maximum Gasteiger partial charge on any atom is 0.146 e. The second-order valence-corrected chi connectivity index (χ2v) is 5.80. The first-order valence-corrected chi connectivity index (χ1v) is 7.76. The van der Waals surface area contributed by atoms with Crippen molar-refractivity contribution in [1.29, 1.82) is 0 Å². The van der Waals surface area contributed by atoms with E-state index in [-0.39, 0.29) is 5.75 Å². The smallest absolute Gasteiger partial charge is 0.146 e. The highest BCUT2D eigenvalue weighted by Gasteiger charge is 2.15. The number of rotatable bonds is 2. The third-order valence-corrected chi connectivity index (χ3v) is 4.41. The summed E-state index contributed by atoms with van der Waals surface area (Å²) in [5.74, 6) is 0.847. The monoisotopic (exact) mass is 315 g/mol. The average Bonchev–Trinajstić information content (AvgIpc) is 2.62. The number of anilines is 1. The summed E-state index contributed by atoms with van der Waals surface area (Å²) < 4.78 is 5.36. The van der Waals surface area contributed by atoms with Crippen LogP contribution in [0.15, 0.2) is 66.7 Å². The molecule has 0 aromatic heterocycles. The number of nitrogens with two attached hydrogens (primary N) is 1. The molecule has 4 aromatic carbocycles. The summed E-state index contributed by atoms with van der Waals surface area (Å²) in [6.07, 6.45) is 0. The van der Waals surface area contributed by atoms with Crippen molar-refractivity contribution < 1.29 is 9.84 Å². The molecule has 0 atom stereocenters. The van der Waals surface area contributed by atoms with E-state index in [0.717, 1.165) is 38.4 Å². The van der Waals surface area contributed by atoms with E-state index in [2.05, 4.69) is 18.2 Å². The molecule has 0 fully saturated rings. The fourth-order valence-corrected chi connectivity index (χ4v) is 3.23. The van der Waals surface area contributed by atoms with Crippen molar-refractivity contribution >= 4 is 27.2 Å². The summed E-state index contributed by atoms with van der Waals surface area (Å²) in [6, 6.07) is 21.8. The number of aromatic hydroxyl groups is 1. The molecule has 0 aliphatic carbocycles. The van der Waals surface area contributed by atoms with Gasteiger partial charge >= 0.3 is 0 Å². The highest BCUT2D eigenvalue weighted by molar-refractivity contribution is 6.09. The molecular weight excluding hydrogens is 298 g/mol. The van der Waals surface area contributed by atoms with E-state index in [1.807, 2.05) is 42.5 Å². The molecule has 118 valence electrons. The standard InChI is InChI=1S/C21H17NO2/c1-24-15-10-9-14-11-19(22)21(23)20(18(14)12-15)17-8-4-6-13-5-2-3-7-16(13)17/h2-12,23H,22H2,1H3. The number of methoxy groups -OCH3 is 1. The minimum Gasteiger partial charge on any atom is -0.505 e. The van der Waals surface area contributed by atoms with Crippen LogP contribution in [0.5, 0.6) is 11.5 Å². The predicted molar refractivity (Wildman–Crippen MR) is 99.5 cm³/mol. The van der Waals surface area contributed by atoms with Crippen LogP contribution in [0.3, 0.4) is 0 Å². The molecule has 0 unspecified atom stereocenters. The molecule has 0 aliphatic heterocycles. The van der Waals surface area contributed by atoms with Gasteiger partial charge in [0, 0.05) is 5.56 Å². The number of hydrogen-bond acceptors (Lipinski definition) is 3. The minimum absolute atomic E-state index is 0.104. The quantitative estimate of drug-likeness (QED) is 0.406. The lowest BCUT2D eigenvalue weighted by Gasteiger charge is -2.15. The number of fused-ring (bicyclic) bond motifs is 2. The van der Waals surface area contributed by atoms with Crippen LogP contribution in [0, 0.1) is 0 Å². The summed E-state index contributed by atoms with van der Waals surface area (Å²) in [6.45, 7) is 0. The summed E-state index contributed by atoms with van der Waals surface area (Å²) in [4.78, 5) is 0. The molecule has 24 heavy (non-hydrogen) atoms. The molecule has 0 aliphatic rings. The molecule has 0 saturated carbocycles. The Labute approximate surface area is 139 Å². The van der Waals surface area contributed by atoms with Crippen molar-refractivity contribution in [3.05, 3.63) is 66.7 Å². The number of benzene rings is 4. The molecule has 3 heteroatoms. The van der Waals surface area contributed by atoms with Gasteiger partial charge in [-0.2, -0.15) is 0 Å². The number of ether oxygens (including phenoxy) is 1. The zero-order valence-electron chi connectivity index (χ0n) is 13.3. The van der Waals surface area contributed by atoms with Crippen LogP contribution in [-0.4, -0.2) is 12.2 Å². The van der Waals surface area contributed by atoms with Crippen LogP contribution in [-0.2, 0) is 0 Å². The molecular formula is C21H17NO2.